The molecule has 0 fully saturated rings. The SMILES string of the molecule is C[C@H](NS(=O)(=O)c1cc2ccccc2o1)C(=O)NCc1cccc(-c2ccc(C(F)(F)F)nc2)c1. The summed E-state index contributed by atoms with van der Waals surface area (Å²) in [4.78, 5) is 16.0. The van der Waals surface area contributed by atoms with Crippen LogP contribution in [0.15, 0.2) is 82.4 Å². The number of sulfonamides is 1. The second kappa shape index (κ2) is 9.51. The maximum Gasteiger partial charge on any atom is 0.433 e. The Morgan fingerprint density at radius 3 is 2.49 bits per heavy atom. The summed E-state index contributed by atoms with van der Waals surface area (Å²) in [6.45, 7) is 1.48. The monoisotopic (exact) mass is 503 g/mol. The van der Waals surface area contributed by atoms with Crippen LogP contribution >= 0.6 is 0 Å². The van der Waals surface area contributed by atoms with Gasteiger partial charge in [-0.1, -0.05) is 42.5 Å². The van der Waals surface area contributed by atoms with E-state index in [1.54, 1.807) is 48.5 Å². The van der Waals surface area contributed by atoms with Gasteiger partial charge in [0.1, 0.15) is 11.3 Å². The molecule has 7 nitrogen and oxygen atoms in total. The molecule has 0 aliphatic carbocycles. The lowest BCUT2D eigenvalue weighted by atomic mass is 10.0. The van der Waals surface area contributed by atoms with Gasteiger partial charge in [0, 0.05) is 29.8 Å². The van der Waals surface area contributed by atoms with Crippen LogP contribution in [-0.4, -0.2) is 25.4 Å². The van der Waals surface area contributed by atoms with E-state index in [0.29, 0.717) is 27.7 Å². The van der Waals surface area contributed by atoms with Gasteiger partial charge in [-0.15, -0.1) is 0 Å². The quantitative estimate of drug-likeness (QED) is 0.387. The van der Waals surface area contributed by atoms with E-state index in [-0.39, 0.29) is 11.6 Å². The fourth-order valence-corrected chi connectivity index (χ4v) is 4.54. The van der Waals surface area contributed by atoms with Crippen LogP contribution in [0.25, 0.3) is 22.1 Å². The number of rotatable bonds is 7. The molecule has 11 heteroatoms. The molecule has 1 amide bonds. The maximum absolute atomic E-state index is 12.7. The van der Waals surface area contributed by atoms with Gasteiger partial charge in [-0.05, 0) is 36.2 Å². The van der Waals surface area contributed by atoms with Gasteiger partial charge in [0.25, 0.3) is 10.0 Å². The predicted molar refractivity (Wildman–Crippen MR) is 123 cm³/mol. The molecule has 0 aliphatic heterocycles. The Bertz CT molecular complexity index is 1430. The number of benzene rings is 2. The number of nitrogens with one attached hydrogen (secondary N) is 2. The molecule has 0 spiro atoms. The summed E-state index contributed by atoms with van der Waals surface area (Å²) in [7, 11) is -4.07. The van der Waals surface area contributed by atoms with Crippen LogP contribution in [-0.2, 0) is 27.5 Å². The number of aromatic nitrogens is 1. The highest BCUT2D eigenvalue weighted by Crippen LogP contribution is 2.29. The van der Waals surface area contributed by atoms with Crippen molar-refractivity contribution in [3.63, 3.8) is 0 Å². The fraction of sp³-hybridized carbons (Fsp3) is 0.167. The van der Waals surface area contributed by atoms with Crippen LogP contribution < -0.4 is 10.0 Å². The van der Waals surface area contributed by atoms with Gasteiger partial charge in [0.2, 0.25) is 11.0 Å². The van der Waals surface area contributed by atoms with Gasteiger partial charge < -0.3 is 9.73 Å². The van der Waals surface area contributed by atoms with E-state index < -0.39 is 33.8 Å². The summed E-state index contributed by atoms with van der Waals surface area (Å²) in [5, 5.41) is 2.97. The first kappa shape index (κ1) is 24.4. The van der Waals surface area contributed by atoms with Crippen LogP contribution in [0.5, 0.6) is 0 Å². The molecule has 4 rings (SSSR count). The van der Waals surface area contributed by atoms with Crippen LogP contribution in [0.3, 0.4) is 0 Å². The van der Waals surface area contributed by atoms with Crippen molar-refractivity contribution in [2.45, 2.75) is 30.8 Å². The van der Waals surface area contributed by atoms with Crippen LogP contribution in [0, 0.1) is 0 Å². The van der Waals surface area contributed by atoms with Gasteiger partial charge in [0.05, 0.1) is 6.04 Å². The molecule has 0 bridgehead atoms. The number of pyridine rings is 1. The van der Waals surface area contributed by atoms with E-state index >= 15 is 0 Å². The lowest BCUT2D eigenvalue weighted by Gasteiger charge is -2.14. The third kappa shape index (κ3) is 5.69. The van der Waals surface area contributed by atoms with Gasteiger partial charge in [-0.2, -0.15) is 17.9 Å². The second-order valence-corrected chi connectivity index (χ2v) is 9.44. The highest BCUT2D eigenvalue weighted by atomic mass is 32.2. The van der Waals surface area contributed by atoms with E-state index in [1.807, 2.05) is 0 Å². The minimum absolute atomic E-state index is 0.0808. The number of furan rings is 1. The molecule has 0 saturated heterocycles. The number of carbonyl (C=O) groups is 1. The number of hydrogen-bond acceptors (Lipinski definition) is 5. The third-order valence-electron chi connectivity index (χ3n) is 5.17. The molecular weight excluding hydrogens is 483 g/mol. The lowest BCUT2D eigenvalue weighted by molar-refractivity contribution is -0.141. The Morgan fingerprint density at radius 1 is 1.03 bits per heavy atom. The van der Waals surface area contributed by atoms with Crippen LogP contribution in [0.2, 0.25) is 0 Å². The highest BCUT2D eigenvalue weighted by molar-refractivity contribution is 7.89. The molecule has 2 aromatic carbocycles. The Hall–Kier alpha value is -3.70. The zero-order valence-electron chi connectivity index (χ0n) is 18.3. The molecule has 0 saturated carbocycles. The van der Waals surface area contributed by atoms with Gasteiger partial charge in [0.15, 0.2) is 0 Å². The number of amides is 1. The van der Waals surface area contributed by atoms with Gasteiger partial charge in [-0.25, -0.2) is 8.42 Å². The third-order valence-corrected chi connectivity index (χ3v) is 6.57. The second-order valence-electron chi connectivity index (χ2n) is 7.79. The molecule has 1 atom stereocenters. The average molecular weight is 504 g/mol. The number of halogens is 3. The largest absolute Gasteiger partial charge is 0.443 e. The summed E-state index contributed by atoms with van der Waals surface area (Å²) in [6, 6.07) is 16.2. The summed E-state index contributed by atoms with van der Waals surface area (Å²) in [5.41, 5.74) is 1.20. The molecule has 4 aromatic rings. The summed E-state index contributed by atoms with van der Waals surface area (Å²) in [5.74, 6) is -0.564. The van der Waals surface area contributed by atoms with E-state index in [0.717, 1.165) is 12.3 Å². The maximum atomic E-state index is 12.7. The van der Waals surface area contributed by atoms with Gasteiger partial charge >= 0.3 is 6.18 Å². The highest BCUT2D eigenvalue weighted by Gasteiger charge is 2.32. The number of alkyl halides is 3. The minimum atomic E-state index is -4.52. The normalized spacial score (nSPS) is 13.0. The van der Waals surface area contributed by atoms with E-state index in [4.69, 9.17) is 4.42 Å². The van der Waals surface area contributed by atoms with Crippen molar-refractivity contribution in [1.29, 1.82) is 0 Å². The molecule has 35 heavy (non-hydrogen) atoms. The van der Waals surface area contributed by atoms with Gasteiger partial charge in [-0.3, -0.25) is 9.78 Å². The number of carbonyl (C=O) groups excluding carboxylic acids is 1. The first-order valence-electron chi connectivity index (χ1n) is 10.4. The Kier molecular flexibility index (Phi) is 6.64. The van der Waals surface area contributed by atoms with Crippen molar-refractivity contribution < 1.29 is 30.8 Å². The van der Waals surface area contributed by atoms with Crippen molar-refractivity contribution in [2.24, 2.45) is 0 Å². The zero-order chi connectivity index (χ0) is 25.2. The first-order chi connectivity index (χ1) is 16.5. The van der Waals surface area contributed by atoms with Crippen molar-refractivity contribution in [2.75, 3.05) is 0 Å². The smallest absolute Gasteiger partial charge is 0.433 e. The Balaban J connectivity index is 1.39. The molecule has 2 aromatic heterocycles. The van der Waals surface area contributed by atoms with Crippen molar-refractivity contribution in [1.82, 2.24) is 15.0 Å². The molecule has 2 heterocycles. The molecular formula is C24H20F3N3O4S. The fourth-order valence-electron chi connectivity index (χ4n) is 3.37. The van der Waals surface area contributed by atoms with E-state index in [9.17, 15) is 26.4 Å². The van der Waals surface area contributed by atoms with Crippen LogP contribution in [0.1, 0.15) is 18.2 Å². The molecule has 2 N–H and O–H groups in total. The van der Waals surface area contributed by atoms with Crippen molar-refractivity contribution in [3.8, 4) is 11.1 Å². The number of nitrogens with zero attached hydrogens (tertiary/aromatic N) is 1. The molecule has 0 aliphatic rings. The summed E-state index contributed by atoms with van der Waals surface area (Å²) in [6.07, 6.45) is -3.39. The number of hydrogen-bond donors (Lipinski definition) is 2. The Morgan fingerprint density at radius 2 is 1.80 bits per heavy atom. The van der Waals surface area contributed by atoms with Crippen LogP contribution in [0.4, 0.5) is 13.2 Å². The summed E-state index contributed by atoms with van der Waals surface area (Å²) >= 11 is 0. The minimum Gasteiger partial charge on any atom is -0.443 e. The predicted octanol–water partition coefficient (Wildman–Crippen LogP) is 4.50. The molecule has 182 valence electrons. The van der Waals surface area contributed by atoms with E-state index in [2.05, 4.69) is 15.0 Å². The van der Waals surface area contributed by atoms with Crippen molar-refractivity contribution in [3.05, 3.63) is 84.2 Å². The lowest BCUT2D eigenvalue weighted by Crippen LogP contribution is -2.44. The average Bonchev–Trinajstić information content (AvgIpc) is 3.27. The topological polar surface area (TPSA) is 101 Å². The first-order valence-corrected chi connectivity index (χ1v) is 11.9. The summed E-state index contributed by atoms with van der Waals surface area (Å²) < 4.78 is 71.1. The molecule has 0 radical (unpaired) electrons. The standard InChI is InChI=1S/C24H20F3N3O4S/c1-15(30-35(32,33)22-12-18-6-2-3-8-20(18)34-22)23(31)29-13-16-5-4-7-17(11-16)19-9-10-21(28-14-19)24(25,26)27/h2-12,14-15,30H,13H2,1H3,(H,29,31)/t15-/m0/s1. The number of para-hydroxylation sites is 1. The van der Waals surface area contributed by atoms with E-state index in [1.165, 1.54) is 19.1 Å². The Labute approximate surface area is 199 Å². The zero-order valence-corrected chi connectivity index (χ0v) is 19.2. The number of fused-ring (bicyclic) bond motifs is 1. The molecule has 0 unspecified atom stereocenters. The van der Waals surface area contributed by atoms with Crippen molar-refractivity contribution >= 4 is 26.9 Å².